The second-order valence-corrected chi connectivity index (χ2v) is 18.5. The Kier molecular flexibility index (Phi) is 18.8. The number of esters is 1. The summed E-state index contributed by atoms with van der Waals surface area (Å²) >= 11 is 3.48. The van der Waals surface area contributed by atoms with E-state index < -0.39 is 41.7 Å². The van der Waals surface area contributed by atoms with E-state index in [2.05, 4.69) is 14.9 Å². The van der Waals surface area contributed by atoms with Crippen LogP contribution < -0.4 is 14.7 Å². The first-order valence-electron chi connectivity index (χ1n) is 21.9. The third-order valence-electron chi connectivity index (χ3n) is 10.5. The minimum absolute atomic E-state index is 0.00705. The van der Waals surface area contributed by atoms with Crippen molar-refractivity contribution in [3.05, 3.63) is 108 Å². The van der Waals surface area contributed by atoms with Gasteiger partial charge in [0.25, 0.3) is 5.89 Å². The van der Waals surface area contributed by atoms with Crippen LogP contribution in [0.15, 0.2) is 104 Å². The smallest absolute Gasteiger partial charge is 0.414 e. The van der Waals surface area contributed by atoms with Crippen molar-refractivity contribution in [2.75, 3.05) is 52.9 Å². The number of hydrogen-bond acceptors (Lipinski definition) is 15. The fourth-order valence-corrected chi connectivity index (χ4v) is 8.92. The molecule has 1 unspecified atom stereocenters. The molecule has 0 radical (unpaired) electrons. The Labute approximate surface area is 409 Å². The maximum absolute atomic E-state index is 14.5. The normalized spacial score (nSPS) is 17.4. The highest BCUT2D eigenvalue weighted by molar-refractivity contribution is 8.00. The summed E-state index contributed by atoms with van der Waals surface area (Å²) in [6, 6.07) is 23.2. The highest BCUT2D eigenvalue weighted by Crippen LogP contribution is 2.33. The number of ketones is 1. The van der Waals surface area contributed by atoms with Crippen molar-refractivity contribution >= 4 is 82.4 Å². The lowest BCUT2D eigenvalue weighted by Crippen LogP contribution is -2.24. The summed E-state index contributed by atoms with van der Waals surface area (Å²) in [4.78, 5) is 67.1. The van der Waals surface area contributed by atoms with Crippen LogP contribution in [0.4, 0.5) is 44.6 Å². The van der Waals surface area contributed by atoms with Gasteiger partial charge in [-0.15, -0.1) is 35.3 Å². The number of carbonyl (C=O) groups is 5. The Bertz CT molecular complexity index is 2610. The summed E-state index contributed by atoms with van der Waals surface area (Å²) in [5.74, 6) is -0.166. The molecule has 366 valence electrons. The number of rotatable bonds is 16. The third kappa shape index (κ3) is 14.2. The second kappa shape index (κ2) is 24.9. The van der Waals surface area contributed by atoms with E-state index in [1.807, 2.05) is 51.1 Å². The van der Waals surface area contributed by atoms with Gasteiger partial charge in [-0.3, -0.25) is 24.3 Å². The van der Waals surface area contributed by atoms with Crippen LogP contribution in [-0.2, 0) is 34.3 Å². The molecule has 4 heterocycles. The Morgan fingerprint density at radius 2 is 1.06 bits per heavy atom. The fraction of sp³-hybridized carbons (Fsp3) is 0.354. The van der Waals surface area contributed by atoms with E-state index in [1.54, 1.807) is 36.4 Å². The number of anilines is 3. The number of ether oxygens (including phenoxy) is 4. The topological polar surface area (TPSA) is 171 Å². The van der Waals surface area contributed by atoms with Crippen molar-refractivity contribution in [1.29, 1.82) is 0 Å². The molecular weight excluding hydrogens is 960 g/mol. The first kappa shape index (κ1) is 52.2. The van der Waals surface area contributed by atoms with Gasteiger partial charge in [-0.2, -0.15) is 4.98 Å². The van der Waals surface area contributed by atoms with E-state index >= 15 is 0 Å². The van der Waals surface area contributed by atoms with Gasteiger partial charge in [0.05, 0.1) is 61.1 Å². The van der Waals surface area contributed by atoms with Crippen LogP contribution in [0.3, 0.4) is 0 Å². The van der Waals surface area contributed by atoms with E-state index in [4.69, 9.17) is 18.7 Å². The zero-order valence-corrected chi connectivity index (χ0v) is 40.8. The van der Waals surface area contributed by atoms with Gasteiger partial charge >= 0.3 is 24.2 Å². The van der Waals surface area contributed by atoms with E-state index in [0.29, 0.717) is 68.9 Å². The van der Waals surface area contributed by atoms with Crippen molar-refractivity contribution < 1.29 is 60.6 Å². The van der Waals surface area contributed by atoms with Gasteiger partial charge in [-0.1, -0.05) is 44.1 Å². The van der Waals surface area contributed by atoms with E-state index in [1.165, 1.54) is 58.7 Å². The highest BCUT2D eigenvalue weighted by atomic mass is 32.2. The lowest BCUT2D eigenvalue weighted by Gasteiger charge is -2.14. The number of carbonyl (C=O) groups excluding carboxylic acids is 5. The molecule has 0 saturated carbocycles. The minimum atomic E-state index is -0.478. The van der Waals surface area contributed by atoms with Crippen LogP contribution in [0.2, 0.25) is 0 Å². The summed E-state index contributed by atoms with van der Waals surface area (Å²) in [6.07, 6.45) is 0.389. The summed E-state index contributed by atoms with van der Waals surface area (Å²) < 4.78 is 67.8. The molecule has 3 aliphatic rings. The SMILES string of the molecule is CCC1CN(c2ccc(SCc3noc(-c4ccccc4)n3)c(F)c2)C(=O)O1.CC[C@H]1CN(c2ccc(SCC(=O)OC)c(F)c2)C(=O)O1.CC[C@H]1CN(c2ccc(SCC(C)=O)c(F)c2)C(=O)O1. The molecule has 3 atom stereocenters. The van der Waals surface area contributed by atoms with Gasteiger partial charge in [-0.25, -0.2) is 27.6 Å². The van der Waals surface area contributed by atoms with E-state index in [0.717, 1.165) is 48.3 Å². The molecule has 69 heavy (non-hydrogen) atoms. The summed E-state index contributed by atoms with van der Waals surface area (Å²) in [7, 11) is 1.28. The van der Waals surface area contributed by atoms with Gasteiger partial charge in [0.2, 0.25) is 0 Å². The first-order valence-corrected chi connectivity index (χ1v) is 24.8. The second-order valence-electron chi connectivity index (χ2n) is 15.4. The van der Waals surface area contributed by atoms with Gasteiger partial charge < -0.3 is 23.5 Å². The van der Waals surface area contributed by atoms with Crippen molar-refractivity contribution in [2.24, 2.45) is 0 Å². The molecule has 8 rings (SSSR count). The standard InChI is InChI=1S/C20H18FN3O3S.C14H16FNO4S.C14H16FNO3S/c1-2-15-11-24(20(25)26-15)14-8-9-17(16(21)10-14)28-12-18-22-19(27-23-18)13-6-4-3-5-7-13;1-3-10-7-16(14(18)20-10)9-4-5-12(11(15)6-9)21-8-13(17)19-2;1-3-11-7-16(14(18)19-11)10-4-5-13(12(15)6-10)20-8-9(2)17/h3-10,15H,2,11-12H2,1H3;4-6,10H,3,7-8H2,1-2H3;4-6,11H,3,7-8H2,1-2H3/t;10-;11-/m.00/s1. The monoisotopic (exact) mass is 1010 g/mol. The highest BCUT2D eigenvalue weighted by Gasteiger charge is 2.34. The van der Waals surface area contributed by atoms with Gasteiger partial charge in [0.15, 0.2) is 5.82 Å². The minimum Gasteiger partial charge on any atom is -0.468 e. The van der Waals surface area contributed by atoms with Crippen molar-refractivity contribution in [3.63, 3.8) is 0 Å². The van der Waals surface area contributed by atoms with Crippen LogP contribution in [0.1, 0.15) is 52.8 Å². The van der Waals surface area contributed by atoms with Crippen LogP contribution in [0, 0.1) is 17.5 Å². The zero-order chi connectivity index (χ0) is 49.6. The average molecular weight is 1010 g/mol. The molecule has 3 fully saturated rings. The van der Waals surface area contributed by atoms with Gasteiger partial charge in [0, 0.05) is 20.2 Å². The van der Waals surface area contributed by atoms with Crippen LogP contribution in [-0.4, -0.2) is 96.7 Å². The molecule has 0 spiro atoms. The number of benzene rings is 4. The van der Waals surface area contributed by atoms with Gasteiger partial charge in [0.1, 0.15) is 41.5 Å². The van der Waals surface area contributed by atoms with Crippen molar-refractivity contribution in [2.45, 2.75) is 85.7 Å². The maximum Gasteiger partial charge on any atom is 0.414 e. The lowest BCUT2D eigenvalue weighted by molar-refractivity contribution is -0.137. The maximum atomic E-state index is 14.5. The van der Waals surface area contributed by atoms with Crippen LogP contribution >= 0.6 is 35.3 Å². The van der Waals surface area contributed by atoms with Crippen molar-refractivity contribution in [1.82, 2.24) is 10.1 Å². The Hall–Kier alpha value is -6.19. The first-order chi connectivity index (χ1) is 33.2. The number of nitrogens with zero attached hydrogens (tertiary/aromatic N) is 5. The zero-order valence-electron chi connectivity index (χ0n) is 38.4. The molecule has 5 aromatic rings. The van der Waals surface area contributed by atoms with E-state index in [-0.39, 0.29) is 35.6 Å². The molecular formula is C48H50F3N5O10S3. The number of Topliss-reactive ketones (excluding diaryl/α,β-unsaturated/α-hetero) is 1. The molecule has 3 aliphatic heterocycles. The van der Waals surface area contributed by atoms with Crippen LogP contribution in [0.5, 0.6) is 0 Å². The van der Waals surface area contributed by atoms with Crippen molar-refractivity contribution in [3.8, 4) is 11.5 Å². The summed E-state index contributed by atoms with van der Waals surface area (Å²) in [6.45, 7) is 8.57. The number of aromatic nitrogens is 2. The number of methoxy groups -OCH3 is 1. The molecule has 21 heteroatoms. The molecule has 0 aliphatic carbocycles. The molecule has 3 saturated heterocycles. The molecule has 0 bridgehead atoms. The Morgan fingerprint density at radius 3 is 1.43 bits per heavy atom. The number of hydrogen-bond donors (Lipinski definition) is 0. The van der Waals surface area contributed by atoms with Gasteiger partial charge in [-0.05, 0) is 92.9 Å². The number of amides is 3. The number of cyclic esters (lactones) is 3. The summed E-state index contributed by atoms with van der Waals surface area (Å²) in [5, 5.41) is 3.95. The fourth-order valence-electron chi connectivity index (χ4n) is 6.69. The molecule has 1 aromatic heterocycles. The Balaban J connectivity index is 0.000000174. The number of thioether (sulfide) groups is 3. The largest absolute Gasteiger partial charge is 0.468 e. The predicted molar refractivity (Wildman–Crippen MR) is 256 cm³/mol. The quantitative estimate of drug-likeness (QED) is 0.0519. The average Bonchev–Trinajstić information content (AvgIpc) is 4.16. The molecule has 15 nitrogen and oxygen atoms in total. The number of halogens is 3. The predicted octanol–water partition coefficient (Wildman–Crippen LogP) is 11.0. The summed E-state index contributed by atoms with van der Waals surface area (Å²) in [5.41, 5.74) is 2.27. The lowest BCUT2D eigenvalue weighted by atomic mass is 10.2. The third-order valence-corrected chi connectivity index (χ3v) is 13.8. The van der Waals surface area contributed by atoms with E-state index in [9.17, 15) is 37.1 Å². The Morgan fingerprint density at radius 1 is 0.638 bits per heavy atom. The molecule has 4 aromatic carbocycles. The molecule has 3 amide bonds. The molecule has 0 N–H and O–H groups in total. The van der Waals surface area contributed by atoms with Crippen LogP contribution in [0.25, 0.3) is 11.5 Å².